The van der Waals surface area contributed by atoms with Gasteiger partial charge in [-0.1, -0.05) is 12.3 Å². The molecule has 1 saturated carbocycles. The Balaban J connectivity index is 2.54. The first-order chi connectivity index (χ1) is 6.66. The zero-order valence-corrected chi connectivity index (χ0v) is 7.82. The van der Waals surface area contributed by atoms with Crippen molar-refractivity contribution in [2.75, 3.05) is 6.54 Å². The van der Waals surface area contributed by atoms with Crippen LogP contribution in [0.4, 0.5) is 0 Å². The summed E-state index contributed by atoms with van der Waals surface area (Å²) in [6, 6.07) is 0. The molecule has 2 N–H and O–H groups in total. The van der Waals surface area contributed by atoms with Gasteiger partial charge in [-0.25, -0.2) is 0 Å². The van der Waals surface area contributed by atoms with Crippen LogP contribution >= 0.6 is 0 Å². The highest BCUT2D eigenvalue weighted by atomic mass is 16.4. The Labute approximate surface area is 82.7 Å². The summed E-state index contributed by atoms with van der Waals surface area (Å²) in [7, 11) is 0. The number of carboxylic acids is 1. The van der Waals surface area contributed by atoms with E-state index in [1.165, 1.54) is 0 Å². The number of carboxylic acid groups (broad SMARTS) is 1. The van der Waals surface area contributed by atoms with E-state index in [2.05, 4.69) is 11.2 Å². The molecule has 0 saturated heterocycles. The van der Waals surface area contributed by atoms with Gasteiger partial charge in [0.05, 0.1) is 18.4 Å². The van der Waals surface area contributed by atoms with E-state index < -0.39 is 17.8 Å². The molecule has 14 heavy (non-hydrogen) atoms. The lowest BCUT2D eigenvalue weighted by Gasteiger charge is -2.14. The number of carbonyl (C=O) groups excluding carboxylic acids is 1. The number of rotatable bonds is 3. The Morgan fingerprint density at radius 1 is 1.43 bits per heavy atom. The summed E-state index contributed by atoms with van der Waals surface area (Å²) in [6.45, 7) is 0.168. The summed E-state index contributed by atoms with van der Waals surface area (Å²) in [5, 5.41) is 11.4. The second-order valence-electron chi connectivity index (χ2n) is 3.40. The molecule has 1 rings (SSSR count). The topological polar surface area (TPSA) is 66.4 Å². The normalized spacial score (nSPS) is 25.4. The molecule has 0 unspecified atom stereocenters. The van der Waals surface area contributed by atoms with E-state index in [0.717, 1.165) is 6.42 Å². The molecule has 0 aromatic heterocycles. The van der Waals surface area contributed by atoms with Gasteiger partial charge in [-0.2, -0.15) is 0 Å². The molecule has 0 spiro atoms. The SMILES string of the molecule is C#CCNC(=O)[C@@H]1CCC[C@@H]1C(=O)O. The maximum absolute atomic E-state index is 11.4. The van der Waals surface area contributed by atoms with E-state index in [1.807, 2.05) is 0 Å². The molecule has 4 nitrogen and oxygen atoms in total. The number of amides is 1. The lowest BCUT2D eigenvalue weighted by Crippen LogP contribution is -2.35. The van der Waals surface area contributed by atoms with Gasteiger partial charge in [-0.15, -0.1) is 6.42 Å². The Morgan fingerprint density at radius 3 is 2.64 bits per heavy atom. The van der Waals surface area contributed by atoms with Crippen molar-refractivity contribution in [3.8, 4) is 12.3 Å². The van der Waals surface area contributed by atoms with Crippen LogP contribution in [0.2, 0.25) is 0 Å². The molecule has 0 bridgehead atoms. The van der Waals surface area contributed by atoms with Crippen molar-refractivity contribution in [1.29, 1.82) is 0 Å². The van der Waals surface area contributed by atoms with Crippen molar-refractivity contribution < 1.29 is 14.7 Å². The molecular weight excluding hydrogens is 182 g/mol. The van der Waals surface area contributed by atoms with Crippen LogP contribution in [0.3, 0.4) is 0 Å². The molecule has 0 aliphatic heterocycles. The molecule has 2 atom stereocenters. The number of aliphatic carboxylic acids is 1. The minimum absolute atomic E-state index is 0.168. The fourth-order valence-corrected chi connectivity index (χ4v) is 1.84. The number of carbonyl (C=O) groups is 2. The molecular formula is C10H13NO3. The molecule has 0 aromatic rings. The van der Waals surface area contributed by atoms with E-state index in [0.29, 0.717) is 12.8 Å². The lowest BCUT2D eigenvalue weighted by molar-refractivity contribution is -0.146. The predicted octanol–water partition coefficient (Wildman–Crippen LogP) is 0.237. The first kappa shape index (κ1) is 10.6. The maximum atomic E-state index is 11.4. The van der Waals surface area contributed by atoms with Gasteiger partial charge in [0, 0.05) is 0 Å². The third kappa shape index (κ3) is 2.25. The number of nitrogens with one attached hydrogen (secondary N) is 1. The second kappa shape index (κ2) is 4.66. The van der Waals surface area contributed by atoms with Crippen LogP contribution in [0, 0.1) is 24.2 Å². The van der Waals surface area contributed by atoms with E-state index in [4.69, 9.17) is 11.5 Å². The summed E-state index contributed by atoms with van der Waals surface area (Å²) in [5.41, 5.74) is 0. The number of terminal acetylenes is 1. The Bertz CT molecular complexity index is 280. The molecule has 1 fully saturated rings. The molecule has 0 radical (unpaired) electrons. The van der Waals surface area contributed by atoms with Gasteiger partial charge in [-0.3, -0.25) is 9.59 Å². The molecule has 1 aliphatic rings. The van der Waals surface area contributed by atoms with Gasteiger partial charge in [0.2, 0.25) is 5.91 Å². The van der Waals surface area contributed by atoms with Gasteiger partial charge in [0.1, 0.15) is 0 Å². The number of hydrogen-bond acceptors (Lipinski definition) is 2. The Morgan fingerprint density at radius 2 is 2.07 bits per heavy atom. The predicted molar refractivity (Wildman–Crippen MR) is 50.3 cm³/mol. The molecule has 76 valence electrons. The Hall–Kier alpha value is -1.50. The van der Waals surface area contributed by atoms with Gasteiger partial charge in [0.25, 0.3) is 0 Å². The van der Waals surface area contributed by atoms with Crippen LogP contribution in [0.1, 0.15) is 19.3 Å². The quantitative estimate of drug-likeness (QED) is 0.634. The third-order valence-electron chi connectivity index (χ3n) is 2.53. The van der Waals surface area contributed by atoms with Crippen LogP contribution in [0.15, 0.2) is 0 Å². The largest absolute Gasteiger partial charge is 0.481 e. The average Bonchev–Trinajstić information content (AvgIpc) is 2.62. The first-order valence-electron chi connectivity index (χ1n) is 4.60. The van der Waals surface area contributed by atoms with Crippen molar-refractivity contribution >= 4 is 11.9 Å². The summed E-state index contributed by atoms with van der Waals surface area (Å²) in [4.78, 5) is 22.2. The minimum atomic E-state index is -0.886. The molecule has 4 heteroatoms. The summed E-state index contributed by atoms with van der Waals surface area (Å²) in [5.74, 6) is 0.236. The average molecular weight is 195 g/mol. The fourth-order valence-electron chi connectivity index (χ4n) is 1.84. The van der Waals surface area contributed by atoms with Crippen molar-refractivity contribution in [2.45, 2.75) is 19.3 Å². The van der Waals surface area contributed by atoms with Crippen LogP contribution in [-0.2, 0) is 9.59 Å². The minimum Gasteiger partial charge on any atom is -0.481 e. The van der Waals surface area contributed by atoms with E-state index >= 15 is 0 Å². The van der Waals surface area contributed by atoms with E-state index in [1.54, 1.807) is 0 Å². The zero-order chi connectivity index (χ0) is 10.6. The second-order valence-corrected chi connectivity index (χ2v) is 3.40. The molecule has 0 aromatic carbocycles. The van der Waals surface area contributed by atoms with Crippen molar-refractivity contribution in [2.24, 2.45) is 11.8 Å². The van der Waals surface area contributed by atoms with Crippen LogP contribution < -0.4 is 5.32 Å². The molecule has 1 aliphatic carbocycles. The lowest BCUT2D eigenvalue weighted by atomic mass is 9.95. The molecule has 1 amide bonds. The summed E-state index contributed by atoms with van der Waals surface area (Å²) < 4.78 is 0. The Kier molecular flexibility index (Phi) is 3.52. The number of hydrogen-bond donors (Lipinski definition) is 2. The first-order valence-corrected chi connectivity index (χ1v) is 4.60. The van der Waals surface area contributed by atoms with Crippen LogP contribution in [0.5, 0.6) is 0 Å². The summed E-state index contributed by atoms with van der Waals surface area (Å²) in [6.07, 6.45) is 7.02. The summed E-state index contributed by atoms with van der Waals surface area (Å²) >= 11 is 0. The van der Waals surface area contributed by atoms with Gasteiger partial charge < -0.3 is 10.4 Å². The van der Waals surface area contributed by atoms with E-state index in [9.17, 15) is 9.59 Å². The third-order valence-corrected chi connectivity index (χ3v) is 2.53. The van der Waals surface area contributed by atoms with Gasteiger partial charge in [0.15, 0.2) is 0 Å². The van der Waals surface area contributed by atoms with Gasteiger partial charge >= 0.3 is 5.97 Å². The zero-order valence-electron chi connectivity index (χ0n) is 7.82. The van der Waals surface area contributed by atoms with Crippen molar-refractivity contribution in [3.63, 3.8) is 0 Å². The van der Waals surface area contributed by atoms with E-state index in [-0.39, 0.29) is 12.5 Å². The molecule has 0 heterocycles. The standard InChI is InChI=1S/C10H13NO3/c1-2-6-11-9(12)7-4-3-5-8(7)10(13)14/h1,7-8H,3-6H2,(H,11,12)(H,13,14)/t7-,8+/m1/s1. The maximum Gasteiger partial charge on any atom is 0.307 e. The van der Waals surface area contributed by atoms with Gasteiger partial charge in [-0.05, 0) is 12.8 Å². The smallest absolute Gasteiger partial charge is 0.307 e. The highest BCUT2D eigenvalue weighted by Gasteiger charge is 2.37. The van der Waals surface area contributed by atoms with Crippen molar-refractivity contribution in [1.82, 2.24) is 5.32 Å². The van der Waals surface area contributed by atoms with Crippen molar-refractivity contribution in [3.05, 3.63) is 0 Å². The fraction of sp³-hybridized carbons (Fsp3) is 0.600. The monoisotopic (exact) mass is 195 g/mol. The highest BCUT2D eigenvalue weighted by molar-refractivity contribution is 5.85. The highest BCUT2D eigenvalue weighted by Crippen LogP contribution is 2.31. The van der Waals surface area contributed by atoms with Crippen LogP contribution in [0.25, 0.3) is 0 Å². The van der Waals surface area contributed by atoms with Crippen LogP contribution in [-0.4, -0.2) is 23.5 Å².